The Bertz CT molecular complexity index is 759. The number of ether oxygens (including phenoxy) is 2. The monoisotopic (exact) mass is 384 g/mol. The number of carbonyl (C=O) groups excluding carboxylic acids is 1. The summed E-state index contributed by atoms with van der Waals surface area (Å²) in [4.78, 5) is 12.5. The number of hydrogen-bond donors (Lipinski definition) is 1. The van der Waals surface area contributed by atoms with Crippen molar-refractivity contribution in [3.05, 3.63) is 42.2 Å². The zero-order valence-electron chi connectivity index (χ0n) is 14.4. The number of hydrogen-bond acceptors (Lipinski definition) is 5. The Balaban J connectivity index is 1.76. The molecule has 1 aromatic heterocycles. The van der Waals surface area contributed by atoms with Gasteiger partial charge < -0.3 is 14.8 Å². The molecular formula is C17H19F3N4O3. The molecule has 1 fully saturated rings. The van der Waals surface area contributed by atoms with Gasteiger partial charge in [-0.2, -0.15) is 0 Å². The molecule has 0 atom stereocenters. The van der Waals surface area contributed by atoms with Crippen molar-refractivity contribution in [2.75, 3.05) is 13.2 Å². The molecule has 0 unspecified atom stereocenters. The maximum absolute atomic E-state index is 12.5. The van der Waals surface area contributed by atoms with Gasteiger partial charge in [-0.15, -0.1) is 18.3 Å². The number of aromatic nitrogens is 3. The quantitative estimate of drug-likeness (QED) is 0.828. The Labute approximate surface area is 153 Å². The van der Waals surface area contributed by atoms with Crippen LogP contribution in [0.5, 0.6) is 5.75 Å². The van der Waals surface area contributed by atoms with Crippen LogP contribution < -0.4 is 10.1 Å². The van der Waals surface area contributed by atoms with Crippen LogP contribution in [0.25, 0.3) is 0 Å². The molecule has 27 heavy (non-hydrogen) atoms. The highest BCUT2D eigenvalue weighted by Gasteiger charge is 2.37. The highest BCUT2D eigenvalue weighted by Crippen LogP contribution is 2.35. The molecule has 1 N–H and O–H groups in total. The van der Waals surface area contributed by atoms with Crippen molar-refractivity contribution in [2.24, 2.45) is 0 Å². The molecule has 0 bridgehead atoms. The molecule has 0 aliphatic carbocycles. The van der Waals surface area contributed by atoms with Crippen molar-refractivity contribution < 1.29 is 27.4 Å². The summed E-state index contributed by atoms with van der Waals surface area (Å²) in [7, 11) is 0. The van der Waals surface area contributed by atoms with Gasteiger partial charge in [0.1, 0.15) is 5.75 Å². The van der Waals surface area contributed by atoms with Crippen LogP contribution in [-0.4, -0.2) is 40.5 Å². The molecule has 146 valence electrons. The molecule has 2 aromatic rings. The highest BCUT2D eigenvalue weighted by molar-refractivity contribution is 5.77. The van der Waals surface area contributed by atoms with Crippen molar-refractivity contribution in [2.45, 2.75) is 37.7 Å². The molecule has 1 aliphatic rings. The summed E-state index contributed by atoms with van der Waals surface area (Å²) < 4.78 is 48.5. The lowest BCUT2D eigenvalue weighted by atomic mass is 9.82. The molecular weight excluding hydrogens is 365 g/mol. The fourth-order valence-electron chi connectivity index (χ4n) is 3.09. The number of benzene rings is 1. The number of rotatable bonds is 6. The molecule has 3 rings (SSSR count). The van der Waals surface area contributed by atoms with Gasteiger partial charge in [0.15, 0.2) is 0 Å². The van der Waals surface area contributed by atoms with E-state index in [0.29, 0.717) is 38.2 Å². The molecule has 2 heterocycles. The molecule has 7 nitrogen and oxygen atoms in total. The second kappa shape index (κ2) is 7.95. The van der Waals surface area contributed by atoms with Crippen molar-refractivity contribution in [3.8, 4) is 5.75 Å². The number of halogens is 3. The number of alkyl halides is 3. The van der Waals surface area contributed by atoms with Gasteiger partial charge in [-0.1, -0.05) is 17.3 Å². The van der Waals surface area contributed by atoms with Crippen LogP contribution in [0.15, 0.2) is 36.7 Å². The standard InChI is InChI=1S/C17H19F3N4O3/c18-17(19,20)27-14-3-1-2-13(12-14)16(5-10-26-11-6-16)22-15(25)4-8-24-9-7-21-23-24/h1-3,7,9,12H,4-6,8,10-11H2,(H,22,25). The minimum atomic E-state index is -4.78. The number of aryl methyl sites for hydroxylation is 1. The average Bonchev–Trinajstić information content (AvgIpc) is 3.13. The van der Waals surface area contributed by atoms with Crippen LogP contribution in [0.2, 0.25) is 0 Å². The first kappa shape index (κ1) is 19.2. The lowest BCUT2D eigenvalue weighted by Crippen LogP contribution is -2.49. The zero-order valence-corrected chi connectivity index (χ0v) is 14.4. The third-order valence-corrected chi connectivity index (χ3v) is 4.39. The van der Waals surface area contributed by atoms with Gasteiger partial charge in [0.25, 0.3) is 0 Å². The van der Waals surface area contributed by atoms with E-state index in [1.807, 2.05) is 0 Å². The molecule has 0 saturated carbocycles. The summed E-state index contributed by atoms with van der Waals surface area (Å²) in [5.41, 5.74) is -0.246. The maximum Gasteiger partial charge on any atom is 0.573 e. The SMILES string of the molecule is O=C(CCn1ccnn1)NC1(c2cccc(OC(F)(F)F)c2)CCOCC1. The minimum absolute atomic E-state index is 0.171. The van der Waals surface area contributed by atoms with Crippen LogP contribution in [-0.2, 0) is 21.6 Å². The summed E-state index contributed by atoms with van der Waals surface area (Å²) in [6.07, 6.45) is -0.526. The summed E-state index contributed by atoms with van der Waals surface area (Å²) in [5.74, 6) is -0.544. The second-order valence-corrected chi connectivity index (χ2v) is 6.23. The summed E-state index contributed by atoms with van der Waals surface area (Å²) in [5, 5.41) is 10.5. The molecule has 1 saturated heterocycles. The molecule has 1 aliphatic heterocycles. The molecule has 1 amide bonds. The summed E-state index contributed by atoms with van der Waals surface area (Å²) >= 11 is 0. The topological polar surface area (TPSA) is 78.3 Å². The Morgan fingerprint density at radius 3 is 2.78 bits per heavy atom. The number of nitrogens with zero attached hydrogens (tertiary/aromatic N) is 3. The van der Waals surface area contributed by atoms with Gasteiger partial charge in [-0.3, -0.25) is 9.48 Å². The van der Waals surface area contributed by atoms with Crippen LogP contribution in [0.1, 0.15) is 24.8 Å². The van der Waals surface area contributed by atoms with Gasteiger partial charge in [0.05, 0.1) is 18.3 Å². The van der Waals surface area contributed by atoms with Crippen molar-refractivity contribution in [1.29, 1.82) is 0 Å². The van der Waals surface area contributed by atoms with E-state index in [-0.39, 0.29) is 18.1 Å². The van der Waals surface area contributed by atoms with Crippen molar-refractivity contribution >= 4 is 5.91 Å². The number of nitrogens with one attached hydrogen (secondary N) is 1. The van der Waals surface area contributed by atoms with Crippen molar-refractivity contribution in [3.63, 3.8) is 0 Å². The van der Waals surface area contributed by atoms with E-state index in [4.69, 9.17) is 4.74 Å². The zero-order chi connectivity index (χ0) is 19.3. The van der Waals surface area contributed by atoms with Crippen LogP contribution >= 0.6 is 0 Å². The summed E-state index contributed by atoms with van der Waals surface area (Å²) in [6, 6.07) is 5.72. The summed E-state index contributed by atoms with van der Waals surface area (Å²) in [6.45, 7) is 1.15. The Hall–Kier alpha value is -2.62. The lowest BCUT2D eigenvalue weighted by molar-refractivity contribution is -0.274. The smallest absolute Gasteiger partial charge is 0.406 e. The third kappa shape index (κ3) is 5.19. The van der Waals surface area contributed by atoms with E-state index >= 15 is 0 Å². The predicted molar refractivity (Wildman–Crippen MR) is 87.6 cm³/mol. The van der Waals surface area contributed by atoms with Crippen LogP contribution in [0.4, 0.5) is 13.2 Å². The fraction of sp³-hybridized carbons (Fsp3) is 0.471. The molecule has 0 radical (unpaired) electrons. The Kier molecular flexibility index (Phi) is 5.64. The van der Waals surface area contributed by atoms with Gasteiger partial charge >= 0.3 is 6.36 Å². The van der Waals surface area contributed by atoms with E-state index in [9.17, 15) is 18.0 Å². The van der Waals surface area contributed by atoms with E-state index in [0.717, 1.165) is 0 Å². The highest BCUT2D eigenvalue weighted by atomic mass is 19.4. The van der Waals surface area contributed by atoms with Gasteiger partial charge in [-0.25, -0.2) is 0 Å². The van der Waals surface area contributed by atoms with Crippen molar-refractivity contribution in [1.82, 2.24) is 20.3 Å². The number of amides is 1. The minimum Gasteiger partial charge on any atom is -0.406 e. The first-order chi connectivity index (χ1) is 12.9. The first-order valence-corrected chi connectivity index (χ1v) is 8.45. The molecule has 10 heteroatoms. The predicted octanol–water partition coefficient (Wildman–Crippen LogP) is 2.39. The number of carbonyl (C=O) groups is 1. The fourth-order valence-corrected chi connectivity index (χ4v) is 3.09. The largest absolute Gasteiger partial charge is 0.573 e. The van der Waals surface area contributed by atoms with Gasteiger partial charge in [-0.05, 0) is 30.5 Å². The second-order valence-electron chi connectivity index (χ2n) is 6.23. The van der Waals surface area contributed by atoms with Crippen LogP contribution in [0.3, 0.4) is 0 Å². The maximum atomic E-state index is 12.5. The molecule has 0 spiro atoms. The van der Waals surface area contributed by atoms with E-state index in [1.54, 1.807) is 12.3 Å². The van der Waals surface area contributed by atoms with E-state index in [1.165, 1.54) is 29.1 Å². The normalized spacial score (nSPS) is 16.7. The third-order valence-electron chi connectivity index (χ3n) is 4.39. The Morgan fingerprint density at radius 2 is 2.11 bits per heavy atom. The van der Waals surface area contributed by atoms with Crippen LogP contribution in [0, 0.1) is 0 Å². The van der Waals surface area contributed by atoms with E-state index < -0.39 is 11.9 Å². The first-order valence-electron chi connectivity index (χ1n) is 8.45. The average molecular weight is 384 g/mol. The van der Waals surface area contributed by atoms with Gasteiger partial charge in [0, 0.05) is 25.8 Å². The molecule has 1 aromatic carbocycles. The van der Waals surface area contributed by atoms with Gasteiger partial charge in [0.2, 0.25) is 5.91 Å². The lowest BCUT2D eigenvalue weighted by Gasteiger charge is -2.38. The Morgan fingerprint density at radius 1 is 1.33 bits per heavy atom. The van der Waals surface area contributed by atoms with E-state index in [2.05, 4.69) is 20.4 Å².